The van der Waals surface area contributed by atoms with Gasteiger partial charge in [0.25, 0.3) is 5.91 Å². The molecule has 4 heteroatoms. The normalized spacial score (nSPS) is 15.0. The van der Waals surface area contributed by atoms with Crippen molar-refractivity contribution in [3.8, 4) is 5.75 Å². The Labute approximate surface area is 144 Å². The largest absolute Gasteiger partial charge is 0.496 e. The molecule has 0 unspecified atom stereocenters. The summed E-state index contributed by atoms with van der Waals surface area (Å²) in [5, 5.41) is 2.90. The van der Waals surface area contributed by atoms with Crippen LogP contribution in [0.4, 0.5) is 5.69 Å². The third kappa shape index (κ3) is 3.04. The third-order valence-electron chi connectivity index (χ3n) is 3.95. The van der Waals surface area contributed by atoms with E-state index in [1.165, 1.54) is 0 Å². The van der Waals surface area contributed by atoms with Gasteiger partial charge in [0.2, 0.25) is 0 Å². The third-order valence-corrected chi connectivity index (χ3v) is 4.44. The Morgan fingerprint density at radius 3 is 2.65 bits per heavy atom. The topological polar surface area (TPSA) is 38.3 Å². The minimum atomic E-state index is -0.0694. The van der Waals surface area contributed by atoms with E-state index in [4.69, 9.17) is 4.74 Å². The number of hydrogen-bond acceptors (Lipinski definition) is 2. The lowest BCUT2D eigenvalue weighted by Crippen LogP contribution is -2.03. The Morgan fingerprint density at radius 2 is 1.96 bits per heavy atom. The number of carbonyl (C=O) groups is 1. The van der Waals surface area contributed by atoms with Crippen molar-refractivity contribution in [1.29, 1.82) is 0 Å². The first-order chi connectivity index (χ1) is 11.0. The van der Waals surface area contributed by atoms with Gasteiger partial charge >= 0.3 is 0 Å². The maximum absolute atomic E-state index is 12.3. The van der Waals surface area contributed by atoms with Crippen molar-refractivity contribution < 1.29 is 9.53 Å². The molecule has 3 rings (SSSR count). The Kier molecular flexibility index (Phi) is 4.26. The van der Waals surface area contributed by atoms with Crippen LogP contribution in [0.2, 0.25) is 0 Å². The number of ether oxygens (including phenoxy) is 1. The van der Waals surface area contributed by atoms with Gasteiger partial charge in [-0.1, -0.05) is 35.8 Å². The molecule has 0 aromatic heterocycles. The highest BCUT2D eigenvalue weighted by atomic mass is 79.9. The van der Waals surface area contributed by atoms with Crippen LogP contribution >= 0.6 is 15.9 Å². The van der Waals surface area contributed by atoms with Gasteiger partial charge in [0.05, 0.1) is 7.11 Å². The van der Waals surface area contributed by atoms with Crippen molar-refractivity contribution in [2.24, 2.45) is 0 Å². The lowest BCUT2D eigenvalue weighted by Gasteiger charge is -2.12. The zero-order chi connectivity index (χ0) is 16.6. The van der Waals surface area contributed by atoms with Gasteiger partial charge in [-0.3, -0.25) is 4.79 Å². The van der Waals surface area contributed by atoms with Gasteiger partial charge in [0.1, 0.15) is 5.75 Å². The van der Waals surface area contributed by atoms with Crippen LogP contribution < -0.4 is 10.1 Å². The number of halogens is 1. The fraction of sp³-hybridized carbons (Fsp3) is 0.211. The molecule has 2 aromatic rings. The molecule has 0 aliphatic carbocycles. The Hall–Kier alpha value is -2.07. The van der Waals surface area contributed by atoms with E-state index in [1.54, 1.807) is 7.11 Å². The molecule has 1 heterocycles. The van der Waals surface area contributed by atoms with Gasteiger partial charge in [-0.2, -0.15) is 0 Å². The molecule has 1 aliphatic heterocycles. The molecule has 2 aromatic carbocycles. The van der Waals surface area contributed by atoms with Crippen molar-refractivity contribution in [3.05, 3.63) is 57.6 Å². The van der Waals surface area contributed by atoms with Crippen LogP contribution in [0.15, 0.2) is 40.9 Å². The van der Waals surface area contributed by atoms with Crippen molar-refractivity contribution in [1.82, 2.24) is 0 Å². The lowest BCUT2D eigenvalue weighted by atomic mass is 9.97. The van der Waals surface area contributed by atoms with Gasteiger partial charge < -0.3 is 10.1 Å². The second-order valence-electron chi connectivity index (χ2n) is 5.86. The number of hydrogen-bond donors (Lipinski definition) is 1. The SMILES string of the molecule is COc1ccc(/C=C2/C(=O)Nc3ccc(Br)cc32)cc1C(C)C. The van der Waals surface area contributed by atoms with Crippen LogP contribution in [0.25, 0.3) is 11.6 Å². The van der Waals surface area contributed by atoms with Gasteiger partial charge in [0, 0.05) is 21.3 Å². The van der Waals surface area contributed by atoms with Crippen LogP contribution in [-0.2, 0) is 4.79 Å². The maximum atomic E-state index is 12.3. The number of rotatable bonds is 3. The summed E-state index contributed by atoms with van der Waals surface area (Å²) >= 11 is 3.46. The number of amides is 1. The van der Waals surface area contributed by atoms with Gasteiger partial charge in [-0.25, -0.2) is 0 Å². The van der Waals surface area contributed by atoms with Crippen LogP contribution in [0, 0.1) is 0 Å². The zero-order valence-electron chi connectivity index (χ0n) is 13.3. The number of carbonyl (C=O) groups excluding carboxylic acids is 1. The summed E-state index contributed by atoms with van der Waals surface area (Å²) in [6, 6.07) is 11.8. The quantitative estimate of drug-likeness (QED) is 0.764. The Balaban J connectivity index is 2.08. The van der Waals surface area contributed by atoms with E-state index >= 15 is 0 Å². The molecular weight excluding hydrogens is 354 g/mol. The average molecular weight is 372 g/mol. The van der Waals surface area contributed by atoms with Gasteiger partial charge in [-0.05, 0) is 53.5 Å². The van der Waals surface area contributed by atoms with Crippen molar-refractivity contribution in [2.45, 2.75) is 19.8 Å². The predicted molar refractivity (Wildman–Crippen MR) is 97.7 cm³/mol. The predicted octanol–water partition coefficient (Wildman–Crippen LogP) is 5.07. The summed E-state index contributed by atoms with van der Waals surface area (Å²) in [6.45, 7) is 4.26. The van der Waals surface area contributed by atoms with E-state index in [0.717, 1.165) is 32.6 Å². The molecule has 118 valence electrons. The maximum Gasteiger partial charge on any atom is 0.256 e. The van der Waals surface area contributed by atoms with Crippen LogP contribution in [0.5, 0.6) is 5.75 Å². The zero-order valence-corrected chi connectivity index (χ0v) is 14.9. The first kappa shape index (κ1) is 15.8. The molecule has 1 amide bonds. The van der Waals surface area contributed by atoms with E-state index in [9.17, 15) is 4.79 Å². The molecule has 0 saturated carbocycles. The van der Waals surface area contributed by atoms with Crippen molar-refractivity contribution in [2.75, 3.05) is 12.4 Å². The van der Waals surface area contributed by atoms with Gasteiger partial charge in [0.15, 0.2) is 0 Å². The fourth-order valence-electron chi connectivity index (χ4n) is 2.76. The minimum absolute atomic E-state index is 0.0694. The van der Waals surface area contributed by atoms with Gasteiger partial charge in [-0.15, -0.1) is 0 Å². The molecule has 1 aliphatic rings. The molecule has 3 nitrogen and oxygen atoms in total. The highest BCUT2D eigenvalue weighted by molar-refractivity contribution is 9.10. The smallest absolute Gasteiger partial charge is 0.256 e. The number of fused-ring (bicyclic) bond motifs is 1. The first-order valence-corrected chi connectivity index (χ1v) is 8.30. The average Bonchev–Trinajstić information content (AvgIpc) is 2.83. The summed E-state index contributed by atoms with van der Waals surface area (Å²) in [7, 11) is 1.68. The van der Waals surface area contributed by atoms with Crippen LogP contribution in [-0.4, -0.2) is 13.0 Å². The van der Waals surface area contributed by atoms with E-state index in [-0.39, 0.29) is 5.91 Å². The molecule has 0 saturated heterocycles. The molecule has 23 heavy (non-hydrogen) atoms. The highest BCUT2D eigenvalue weighted by Crippen LogP contribution is 2.36. The lowest BCUT2D eigenvalue weighted by molar-refractivity contribution is -0.110. The van der Waals surface area contributed by atoms with Crippen molar-refractivity contribution >= 4 is 39.2 Å². The molecular formula is C19H18BrNO2. The summed E-state index contributed by atoms with van der Waals surface area (Å²) in [5.74, 6) is 1.16. The van der Waals surface area contributed by atoms with Crippen molar-refractivity contribution in [3.63, 3.8) is 0 Å². The summed E-state index contributed by atoms with van der Waals surface area (Å²) < 4.78 is 6.37. The summed E-state index contributed by atoms with van der Waals surface area (Å²) in [5.41, 5.74) is 4.58. The second kappa shape index (κ2) is 6.20. The first-order valence-electron chi connectivity index (χ1n) is 7.50. The van der Waals surface area contributed by atoms with Crippen LogP contribution in [0.3, 0.4) is 0 Å². The highest BCUT2D eigenvalue weighted by Gasteiger charge is 2.24. The number of anilines is 1. The number of benzene rings is 2. The van der Waals surface area contributed by atoms with E-state index in [1.807, 2.05) is 36.4 Å². The molecule has 0 radical (unpaired) electrons. The van der Waals surface area contributed by atoms with E-state index < -0.39 is 0 Å². The van der Waals surface area contributed by atoms with E-state index in [0.29, 0.717) is 11.5 Å². The number of nitrogens with one attached hydrogen (secondary N) is 1. The minimum Gasteiger partial charge on any atom is -0.496 e. The Morgan fingerprint density at radius 1 is 1.17 bits per heavy atom. The standard InChI is InChI=1S/C19H18BrNO2/c1-11(2)14-8-12(4-7-18(14)23-3)9-16-15-10-13(20)5-6-17(15)21-19(16)22/h4-11H,1-3H3,(H,21,22)/b16-9+. The second-order valence-corrected chi connectivity index (χ2v) is 6.77. The van der Waals surface area contributed by atoms with E-state index in [2.05, 4.69) is 41.2 Å². The summed E-state index contributed by atoms with van der Waals surface area (Å²) in [6.07, 6.45) is 1.93. The Bertz CT molecular complexity index is 809. The molecule has 1 N–H and O–H groups in total. The molecule has 0 bridgehead atoms. The molecule has 0 atom stereocenters. The molecule has 0 fully saturated rings. The molecule has 0 spiro atoms. The fourth-order valence-corrected chi connectivity index (χ4v) is 3.13. The summed E-state index contributed by atoms with van der Waals surface area (Å²) in [4.78, 5) is 12.3. The number of methoxy groups -OCH3 is 1. The monoisotopic (exact) mass is 371 g/mol. The van der Waals surface area contributed by atoms with Crippen LogP contribution in [0.1, 0.15) is 36.5 Å².